The average molecular weight is 434 g/mol. The van der Waals surface area contributed by atoms with E-state index in [-0.39, 0.29) is 5.82 Å². The minimum atomic E-state index is -0.282. The first-order valence-corrected chi connectivity index (χ1v) is 10.4. The van der Waals surface area contributed by atoms with Gasteiger partial charge in [0.2, 0.25) is 5.88 Å². The maximum Gasteiger partial charge on any atom is 0.241 e. The number of hydrogen-bond donors (Lipinski definition) is 2. The molecular weight excluding hydrogens is 411 g/mol. The molecule has 0 atom stereocenters. The molecule has 2 aliphatic heterocycles. The van der Waals surface area contributed by atoms with E-state index in [9.17, 15) is 4.39 Å². The summed E-state index contributed by atoms with van der Waals surface area (Å²) in [5, 5.41) is 6.50. The lowest BCUT2D eigenvalue weighted by molar-refractivity contribution is 0.122. The van der Waals surface area contributed by atoms with Crippen LogP contribution >= 0.6 is 0 Å². The molecule has 9 heteroatoms. The molecule has 4 heterocycles. The van der Waals surface area contributed by atoms with Gasteiger partial charge in [0.25, 0.3) is 0 Å². The minimum Gasteiger partial charge on any atom is -0.479 e. The molecule has 164 valence electrons. The van der Waals surface area contributed by atoms with Crippen LogP contribution in [-0.2, 0) is 11.3 Å². The van der Waals surface area contributed by atoms with Gasteiger partial charge < -0.3 is 25.0 Å². The molecule has 0 saturated carbocycles. The summed E-state index contributed by atoms with van der Waals surface area (Å²) in [5.41, 5.74) is 4.34. The van der Waals surface area contributed by atoms with E-state index < -0.39 is 0 Å². The van der Waals surface area contributed by atoms with E-state index in [2.05, 4.69) is 20.6 Å². The highest BCUT2D eigenvalue weighted by atomic mass is 19.1. The molecule has 0 aliphatic carbocycles. The van der Waals surface area contributed by atoms with E-state index in [1.807, 2.05) is 29.3 Å². The van der Waals surface area contributed by atoms with Gasteiger partial charge in [0.1, 0.15) is 11.6 Å². The molecule has 1 fully saturated rings. The number of hydrogen-bond acceptors (Lipinski definition) is 8. The lowest BCUT2D eigenvalue weighted by Gasteiger charge is -2.29. The van der Waals surface area contributed by atoms with Crippen molar-refractivity contribution in [3.8, 4) is 17.3 Å². The second kappa shape index (κ2) is 8.80. The van der Waals surface area contributed by atoms with Gasteiger partial charge in [-0.1, -0.05) is 0 Å². The van der Waals surface area contributed by atoms with Gasteiger partial charge >= 0.3 is 0 Å². The van der Waals surface area contributed by atoms with Crippen LogP contribution in [0.5, 0.6) is 5.88 Å². The maximum absolute atomic E-state index is 14.9. The topological polar surface area (TPSA) is 84.4 Å². The van der Waals surface area contributed by atoms with Crippen molar-refractivity contribution in [3.63, 3.8) is 0 Å². The number of nitrogens with one attached hydrogen (secondary N) is 2. The molecule has 3 aromatic rings. The Labute approximate surface area is 185 Å². The number of ether oxygens (including phenoxy) is 2. The van der Waals surface area contributed by atoms with Crippen LogP contribution < -0.4 is 20.3 Å². The van der Waals surface area contributed by atoms with E-state index in [1.54, 1.807) is 25.6 Å². The predicted molar refractivity (Wildman–Crippen MR) is 120 cm³/mol. The highest BCUT2D eigenvalue weighted by molar-refractivity contribution is 5.74. The van der Waals surface area contributed by atoms with Gasteiger partial charge in [-0.15, -0.1) is 0 Å². The summed E-state index contributed by atoms with van der Waals surface area (Å²) in [5.74, 6) is 0.737. The molecule has 5 rings (SSSR count). The summed E-state index contributed by atoms with van der Waals surface area (Å²) in [6.07, 6.45) is 7.03. The molecule has 0 unspecified atom stereocenters. The van der Waals surface area contributed by atoms with Crippen LogP contribution in [0.4, 0.5) is 21.6 Å². The smallest absolute Gasteiger partial charge is 0.241 e. The van der Waals surface area contributed by atoms with E-state index in [0.717, 1.165) is 11.1 Å². The third-order valence-corrected chi connectivity index (χ3v) is 5.48. The SMILES string of the molecule is COc1nccnc1-c1cc2c(c(Nc3ccc(N4CCOCC4)c(F)c3)n1)CNC=C2. The fourth-order valence-corrected chi connectivity index (χ4v) is 3.89. The lowest BCUT2D eigenvalue weighted by Crippen LogP contribution is -2.36. The zero-order valence-electron chi connectivity index (χ0n) is 17.6. The Hall–Kier alpha value is -3.72. The Morgan fingerprint density at radius 1 is 1.16 bits per heavy atom. The van der Waals surface area contributed by atoms with Gasteiger partial charge in [-0.25, -0.2) is 19.3 Å². The maximum atomic E-state index is 14.9. The average Bonchev–Trinajstić information content (AvgIpc) is 2.84. The zero-order valence-corrected chi connectivity index (χ0v) is 17.6. The number of methoxy groups -OCH3 is 1. The number of halogens is 1. The highest BCUT2D eigenvalue weighted by Gasteiger charge is 2.19. The number of morpholine rings is 1. The van der Waals surface area contributed by atoms with Crippen molar-refractivity contribution in [1.82, 2.24) is 20.3 Å². The summed E-state index contributed by atoms with van der Waals surface area (Å²) in [7, 11) is 1.55. The number of anilines is 3. The zero-order chi connectivity index (χ0) is 21.9. The summed E-state index contributed by atoms with van der Waals surface area (Å²) < 4.78 is 25.6. The predicted octanol–water partition coefficient (Wildman–Crippen LogP) is 3.34. The fraction of sp³-hybridized carbons (Fsp3) is 0.261. The van der Waals surface area contributed by atoms with Gasteiger partial charge in [0.05, 0.1) is 31.7 Å². The van der Waals surface area contributed by atoms with Crippen LogP contribution in [-0.4, -0.2) is 48.4 Å². The molecule has 2 aromatic heterocycles. The number of nitrogens with zero attached hydrogens (tertiary/aromatic N) is 4. The van der Waals surface area contributed by atoms with Crippen molar-refractivity contribution in [2.75, 3.05) is 43.6 Å². The van der Waals surface area contributed by atoms with Crippen molar-refractivity contribution < 1.29 is 13.9 Å². The second-order valence-corrected chi connectivity index (χ2v) is 7.44. The monoisotopic (exact) mass is 434 g/mol. The Balaban J connectivity index is 1.50. The third-order valence-electron chi connectivity index (χ3n) is 5.48. The quantitative estimate of drug-likeness (QED) is 0.633. The van der Waals surface area contributed by atoms with Crippen molar-refractivity contribution in [2.45, 2.75) is 6.54 Å². The highest BCUT2D eigenvalue weighted by Crippen LogP contribution is 2.33. The Bertz CT molecular complexity index is 1160. The normalized spacial score (nSPS) is 15.1. The van der Waals surface area contributed by atoms with E-state index in [1.165, 1.54) is 6.07 Å². The van der Waals surface area contributed by atoms with E-state index >= 15 is 0 Å². The van der Waals surface area contributed by atoms with Crippen molar-refractivity contribution in [1.29, 1.82) is 0 Å². The van der Waals surface area contributed by atoms with Gasteiger partial charge in [0, 0.05) is 43.3 Å². The van der Waals surface area contributed by atoms with Crippen molar-refractivity contribution >= 4 is 23.3 Å². The summed E-state index contributed by atoms with van der Waals surface area (Å²) in [6.45, 7) is 3.17. The van der Waals surface area contributed by atoms with Crippen LogP contribution in [0.3, 0.4) is 0 Å². The van der Waals surface area contributed by atoms with Crippen molar-refractivity contribution in [2.24, 2.45) is 0 Å². The van der Waals surface area contributed by atoms with E-state index in [4.69, 9.17) is 14.5 Å². The molecule has 0 radical (unpaired) electrons. The van der Waals surface area contributed by atoms with Gasteiger partial charge in [-0.2, -0.15) is 0 Å². The molecule has 0 spiro atoms. The first-order chi connectivity index (χ1) is 15.7. The van der Waals surface area contributed by atoms with Crippen LogP contribution in [0.25, 0.3) is 17.5 Å². The summed E-state index contributed by atoms with van der Waals surface area (Å²) in [6, 6.07) is 7.11. The number of fused-ring (bicyclic) bond motifs is 1. The number of aromatic nitrogens is 3. The molecule has 2 N–H and O–H groups in total. The van der Waals surface area contributed by atoms with Crippen LogP contribution in [0.1, 0.15) is 11.1 Å². The fourth-order valence-electron chi connectivity index (χ4n) is 3.89. The molecule has 1 saturated heterocycles. The number of rotatable bonds is 5. The first-order valence-electron chi connectivity index (χ1n) is 10.4. The number of pyridine rings is 1. The molecule has 0 bridgehead atoms. The Kier molecular flexibility index (Phi) is 5.55. The molecule has 2 aliphatic rings. The Morgan fingerprint density at radius 3 is 2.81 bits per heavy atom. The second-order valence-electron chi connectivity index (χ2n) is 7.44. The van der Waals surface area contributed by atoms with Crippen LogP contribution in [0.15, 0.2) is 42.9 Å². The standard InChI is InChI=1S/C23H23FN6O2/c1-31-23-21(26-6-7-27-23)19-12-15-4-5-25-14-17(15)22(29-19)28-16-2-3-20(18(24)13-16)30-8-10-32-11-9-30/h2-7,12-13,25H,8-11,14H2,1H3,(H,28,29). The third kappa shape index (κ3) is 3.94. The first kappa shape index (κ1) is 20.2. The summed E-state index contributed by atoms with van der Waals surface area (Å²) in [4.78, 5) is 15.4. The molecular formula is C23H23FN6O2. The van der Waals surface area contributed by atoms with E-state index in [0.29, 0.717) is 67.3 Å². The van der Waals surface area contributed by atoms with Gasteiger partial charge in [-0.05, 0) is 42.1 Å². The van der Waals surface area contributed by atoms with Crippen LogP contribution in [0.2, 0.25) is 0 Å². The molecule has 8 nitrogen and oxygen atoms in total. The molecule has 32 heavy (non-hydrogen) atoms. The lowest BCUT2D eigenvalue weighted by atomic mass is 10.0. The van der Waals surface area contributed by atoms with Crippen LogP contribution in [0, 0.1) is 5.82 Å². The number of benzene rings is 1. The Morgan fingerprint density at radius 2 is 2.00 bits per heavy atom. The van der Waals surface area contributed by atoms with Gasteiger partial charge in [-0.3, -0.25) is 0 Å². The molecule has 0 amide bonds. The summed E-state index contributed by atoms with van der Waals surface area (Å²) >= 11 is 0. The van der Waals surface area contributed by atoms with Crippen molar-refractivity contribution in [3.05, 3.63) is 59.8 Å². The minimum absolute atomic E-state index is 0.282. The van der Waals surface area contributed by atoms with Gasteiger partial charge in [0.15, 0.2) is 5.69 Å². The largest absolute Gasteiger partial charge is 0.479 e. The molecule has 1 aromatic carbocycles.